The lowest BCUT2D eigenvalue weighted by Crippen LogP contribution is -2.47. The van der Waals surface area contributed by atoms with E-state index in [1.807, 2.05) is 44.2 Å². The van der Waals surface area contributed by atoms with Crippen molar-refractivity contribution in [1.82, 2.24) is 9.97 Å². The van der Waals surface area contributed by atoms with Crippen molar-refractivity contribution in [3.05, 3.63) is 65.9 Å². The number of hydrogen-bond acceptors (Lipinski definition) is 8. The number of nitrogens with one attached hydrogen (secondary N) is 1. The number of rotatable bonds is 5. The van der Waals surface area contributed by atoms with Crippen LogP contribution < -0.4 is 26.7 Å². The van der Waals surface area contributed by atoms with Crippen LogP contribution in [0, 0.1) is 6.92 Å². The van der Waals surface area contributed by atoms with Gasteiger partial charge in [-0.2, -0.15) is 10.1 Å². The van der Waals surface area contributed by atoms with Gasteiger partial charge in [0, 0.05) is 31.9 Å². The second-order valence-corrected chi connectivity index (χ2v) is 7.60. The highest BCUT2D eigenvalue weighted by Crippen LogP contribution is 2.27. The fourth-order valence-corrected chi connectivity index (χ4v) is 3.83. The predicted molar refractivity (Wildman–Crippen MR) is 129 cm³/mol. The molecule has 3 aromatic rings. The molecule has 1 fully saturated rings. The van der Waals surface area contributed by atoms with Crippen LogP contribution in [0.4, 0.5) is 28.8 Å². The Morgan fingerprint density at radius 2 is 1.55 bits per heavy atom. The summed E-state index contributed by atoms with van der Waals surface area (Å²) < 4.78 is 0. The Balaban J connectivity index is 1.38. The van der Waals surface area contributed by atoms with Crippen LogP contribution in [-0.2, 0) is 0 Å². The zero-order valence-corrected chi connectivity index (χ0v) is 17.9. The maximum absolute atomic E-state index is 6.10. The third kappa shape index (κ3) is 4.69. The summed E-state index contributed by atoms with van der Waals surface area (Å²) in [5, 5.41) is 4.49. The lowest BCUT2D eigenvalue weighted by Gasteiger charge is -2.38. The number of nitrogen functional groups attached to an aromatic ring is 2. The largest absolute Gasteiger partial charge is 0.382 e. The average molecular weight is 417 g/mol. The van der Waals surface area contributed by atoms with Gasteiger partial charge in [-0.05, 0) is 43.7 Å². The Hall–Kier alpha value is -3.81. The summed E-state index contributed by atoms with van der Waals surface area (Å²) in [4.78, 5) is 13.0. The Morgan fingerprint density at radius 1 is 0.903 bits per heavy atom. The number of hydrazone groups is 1. The van der Waals surface area contributed by atoms with E-state index in [-0.39, 0.29) is 5.95 Å². The van der Waals surface area contributed by atoms with Gasteiger partial charge in [0.25, 0.3) is 0 Å². The molecular formula is C23H28N8. The molecule has 5 N–H and O–H groups in total. The van der Waals surface area contributed by atoms with E-state index in [0.717, 1.165) is 54.5 Å². The molecule has 1 aliphatic heterocycles. The molecule has 4 rings (SSSR count). The van der Waals surface area contributed by atoms with E-state index < -0.39 is 0 Å². The molecule has 1 saturated heterocycles. The molecule has 0 unspecified atom stereocenters. The van der Waals surface area contributed by atoms with Crippen molar-refractivity contribution in [2.45, 2.75) is 13.8 Å². The summed E-state index contributed by atoms with van der Waals surface area (Å²) in [5.41, 5.74) is 20.8. The van der Waals surface area contributed by atoms with Crippen LogP contribution in [0.3, 0.4) is 0 Å². The van der Waals surface area contributed by atoms with E-state index in [4.69, 9.17) is 11.5 Å². The monoisotopic (exact) mass is 416 g/mol. The van der Waals surface area contributed by atoms with Gasteiger partial charge in [0.1, 0.15) is 5.69 Å². The highest BCUT2D eigenvalue weighted by molar-refractivity contribution is 5.99. The predicted octanol–water partition coefficient (Wildman–Crippen LogP) is 3.11. The van der Waals surface area contributed by atoms with Crippen LogP contribution in [0.5, 0.6) is 0 Å². The third-order valence-electron chi connectivity index (χ3n) is 5.48. The smallest absolute Gasteiger partial charge is 0.222 e. The first-order valence-electron chi connectivity index (χ1n) is 10.4. The van der Waals surface area contributed by atoms with Gasteiger partial charge in [0.15, 0.2) is 5.82 Å². The molecule has 0 atom stereocenters. The molecule has 31 heavy (non-hydrogen) atoms. The zero-order chi connectivity index (χ0) is 21.8. The van der Waals surface area contributed by atoms with Crippen molar-refractivity contribution in [2.75, 3.05) is 52.9 Å². The summed E-state index contributed by atoms with van der Waals surface area (Å²) in [6, 6.07) is 18.5. The number of aromatic nitrogens is 2. The van der Waals surface area contributed by atoms with Crippen LogP contribution >= 0.6 is 0 Å². The highest BCUT2D eigenvalue weighted by Gasteiger charge is 2.22. The number of aryl methyl sites for hydroxylation is 1. The maximum Gasteiger partial charge on any atom is 0.222 e. The molecule has 160 valence electrons. The SMILES string of the molecule is CC(=NNc1ccccc1)c1ccc(N2CCN(c3c(C)nc(N)nc3N)CC2)cc1. The van der Waals surface area contributed by atoms with Crippen molar-refractivity contribution in [1.29, 1.82) is 0 Å². The lowest BCUT2D eigenvalue weighted by molar-refractivity contribution is 0.651. The highest BCUT2D eigenvalue weighted by atomic mass is 15.3. The minimum atomic E-state index is 0.218. The van der Waals surface area contributed by atoms with Gasteiger partial charge in [-0.3, -0.25) is 5.43 Å². The first kappa shape index (κ1) is 20.5. The van der Waals surface area contributed by atoms with E-state index in [0.29, 0.717) is 5.82 Å². The van der Waals surface area contributed by atoms with Crippen LogP contribution in [0.2, 0.25) is 0 Å². The van der Waals surface area contributed by atoms with E-state index in [9.17, 15) is 0 Å². The number of para-hydroxylation sites is 1. The molecule has 1 aliphatic rings. The molecule has 0 aliphatic carbocycles. The molecule has 0 bridgehead atoms. The number of piperazine rings is 1. The summed E-state index contributed by atoms with van der Waals surface area (Å²) in [6.45, 7) is 7.41. The maximum atomic E-state index is 6.10. The molecule has 0 radical (unpaired) electrons. The van der Waals surface area contributed by atoms with E-state index >= 15 is 0 Å². The van der Waals surface area contributed by atoms with Crippen LogP contribution in [0.1, 0.15) is 18.2 Å². The molecule has 2 heterocycles. The number of benzene rings is 2. The standard InChI is InChI=1S/C23H28N8/c1-16(28-29-19-6-4-3-5-7-19)18-8-10-20(11-9-18)30-12-14-31(15-13-30)21-17(2)26-23(25)27-22(21)24/h3-11,29H,12-15H2,1-2H3,(H4,24,25,26,27). The van der Waals surface area contributed by atoms with Gasteiger partial charge in [0.2, 0.25) is 5.95 Å². The normalized spacial score (nSPS) is 14.6. The van der Waals surface area contributed by atoms with Crippen molar-refractivity contribution in [2.24, 2.45) is 5.10 Å². The topological polar surface area (TPSA) is 109 Å². The first-order chi connectivity index (χ1) is 15.0. The first-order valence-corrected chi connectivity index (χ1v) is 10.4. The number of nitrogens with two attached hydrogens (primary N) is 2. The fourth-order valence-electron chi connectivity index (χ4n) is 3.83. The molecule has 0 saturated carbocycles. The van der Waals surface area contributed by atoms with E-state index in [1.165, 1.54) is 5.69 Å². The molecular weight excluding hydrogens is 388 g/mol. The van der Waals surface area contributed by atoms with Crippen LogP contribution in [-0.4, -0.2) is 41.9 Å². The minimum absolute atomic E-state index is 0.218. The molecule has 2 aromatic carbocycles. The third-order valence-corrected chi connectivity index (χ3v) is 5.48. The lowest BCUT2D eigenvalue weighted by atomic mass is 10.1. The quantitative estimate of drug-likeness (QED) is 0.433. The summed E-state index contributed by atoms with van der Waals surface area (Å²) in [5.74, 6) is 0.664. The Bertz CT molecular complexity index is 1030. The second-order valence-electron chi connectivity index (χ2n) is 7.60. The minimum Gasteiger partial charge on any atom is -0.382 e. The fraction of sp³-hybridized carbons (Fsp3) is 0.261. The summed E-state index contributed by atoms with van der Waals surface area (Å²) in [6.07, 6.45) is 0. The Morgan fingerprint density at radius 3 is 2.19 bits per heavy atom. The Labute approximate surface area is 182 Å². The van der Waals surface area contributed by atoms with Crippen molar-refractivity contribution in [3.8, 4) is 0 Å². The van der Waals surface area contributed by atoms with Gasteiger partial charge in [-0.25, -0.2) is 4.98 Å². The van der Waals surface area contributed by atoms with Crippen LogP contribution in [0.15, 0.2) is 59.7 Å². The van der Waals surface area contributed by atoms with Gasteiger partial charge in [0.05, 0.1) is 17.1 Å². The summed E-state index contributed by atoms with van der Waals surface area (Å²) >= 11 is 0. The molecule has 0 spiro atoms. The van der Waals surface area contributed by atoms with Gasteiger partial charge in [-0.1, -0.05) is 30.3 Å². The Kier molecular flexibility index (Phi) is 5.88. The number of nitrogens with zero attached hydrogens (tertiary/aromatic N) is 5. The van der Waals surface area contributed by atoms with Crippen molar-refractivity contribution in [3.63, 3.8) is 0 Å². The van der Waals surface area contributed by atoms with Gasteiger partial charge < -0.3 is 21.3 Å². The molecule has 8 nitrogen and oxygen atoms in total. The van der Waals surface area contributed by atoms with Gasteiger partial charge in [-0.15, -0.1) is 0 Å². The zero-order valence-electron chi connectivity index (χ0n) is 17.9. The van der Waals surface area contributed by atoms with Crippen molar-refractivity contribution < 1.29 is 0 Å². The van der Waals surface area contributed by atoms with E-state index in [2.05, 4.69) is 54.6 Å². The van der Waals surface area contributed by atoms with Gasteiger partial charge >= 0.3 is 0 Å². The summed E-state index contributed by atoms with van der Waals surface area (Å²) in [7, 11) is 0. The molecule has 0 amide bonds. The molecule has 1 aromatic heterocycles. The van der Waals surface area contributed by atoms with Crippen molar-refractivity contribution >= 4 is 34.5 Å². The van der Waals surface area contributed by atoms with E-state index in [1.54, 1.807) is 0 Å². The second kappa shape index (κ2) is 8.91. The molecule has 8 heteroatoms. The number of hydrogen-bond donors (Lipinski definition) is 3. The number of anilines is 5. The average Bonchev–Trinajstić information content (AvgIpc) is 2.78. The van der Waals surface area contributed by atoms with Crippen LogP contribution in [0.25, 0.3) is 0 Å².